The summed E-state index contributed by atoms with van der Waals surface area (Å²) < 4.78 is 0. The zero-order chi connectivity index (χ0) is 13.5. The Balaban J connectivity index is 2.77. The van der Waals surface area contributed by atoms with E-state index in [1.54, 1.807) is 0 Å². The fourth-order valence-electron chi connectivity index (χ4n) is 1.82. The summed E-state index contributed by atoms with van der Waals surface area (Å²) in [5.41, 5.74) is 1.15. The van der Waals surface area contributed by atoms with E-state index in [1.165, 1.54) is 0 Å². The molecule has 0 heterocycles. The summed E-state index contributed by atoms with van der Waals surface area (Å²) in [5, 5.41) is 3.09. The normalized spacial score (nSPS) is 14.3. The van der Waals surface area contributed by atoms with Crippen LogP contribution >= 0.6 is 11.6 Å². The van der Waals surface area contributed by atoms with Crippen LogP contribution in [0, 0.1) is 11.8 Å². The van der Waals surface area contributed by atoms with Crippen LogP contribution in [0.25, 0.3) is 0 Å². The van der Waals surface area contributed by atoms with Crippen molar-refractivity contribution in [3.05, 3.63) is 35.9 Å². The van der Waals surface area contributed by atoms with E-state index >= 15 is 0 Å². The van der Waals surface area contributed by atoms with Gasteiger partial charge in [0.05, 0.1) is 6.04 Å². The SMILES string of the molecule is CC(C)CC(NC(=O)C(C)CCl)c1ccccc1. The summed E-state index contributed by atoms with van der Waals surface area (Å²) in [5.74, 6) is 0.765. The molecular formula is C15H22ClNO. The molecule has 1 rings (SSSR count). The second-order valence-corrected chi connectivity index (χ2v) is 5.47. The molecule has 0 aromatic heterocycles. The molecule has 0 bridgehead atoms. The van der Waals surface area contributed by atoms with Gasteiger partial charge >= 0.3 is 0 Å². The van der Waals surface area contributed by atoms with Gasteiger partial charge < -0.3 is 5.32 Å². The van der Waals surface area contributed by atoms with Gasteiger partial charge in [-0.1, -0.05) is 51.1 Å². The fourth-order valence-corrected chi connectivity index (χ4v) is 1.96. The van der Waals surface area contributed by atoms with Crippen LogP contribution in [0.15, 0.2) is 30.3 Å². The lowest BCUT2D eigenvalue weighted by Crippen LogP contribution is -2.34. The van der Waals surface area contributed by atoms with E-state index in [4.69, 9.17) is 11.6 Å². The lowest BCUT2D eigenvalue weighted by atomic mass is 9.96. The van der Waals surface area contributed by atoms with Gasteiger partial charge in [-0.3, -0.25) is 4.79 Å². The smallest absolute Gasteiger partial charge is 0.224 e. The molecule has 1 aromatic carbocycles. The average molecular weight is 268 g/mol. The van der Waals surface area contributed by atoms with Crippen molar-refractivity contribution in [3.8, 4) is 0 Å². The summed E-state index contributed by atoms with van der Waals surface area (Å²) >= 11 is 5.72. The number of hydrogen-bond donors (Lipinski definition) is 1. The Hall–Kier alpha value is -1.02. The first-order valence-corrected chi connectivity index (χ1v) is 6.99. The van der Waals surface area contributed by atoms with Crippen LogP contribution in [0.1, 0.15) is 38.8 Å². The standard InChI is InChI=1S/C15H22ClNO/c1-11(2)9-14(13-7-5-4-6-8-13)17-15(18)12(3)10-16/h4-8,11-12,14H,9-10H2,1-3H3,(H,17,18). The highest BCUT2D eigenvalue weighted by atomic mass is 35.5. The Bertz CT molecular complexity index is 364. The minimum Gasteiger partial charge on any atom is -0.349 e. The monoisotopic (exact) mass is 267 g/mol. The first kappa shape index (κ1) is 15.0. The molecule has 1 amide bonds. The number of halogens is 1. The molecule has 0 aliphatic carbocycles. The van der Waals surface area contributed by atoms with Gasteiger partial charge in [-0.05, 0) is 17.9 Å². The van der Waals surface area contributed by atoms with Crippen LogP contribution in [-0.4, -0.2) is 11.8 Å². The molecule has 1 N–H and O–H groups in total. The molecule has 100 valence electrons. The average Bonchev–Trinajstić information content (AvgIpc) is 2.37. The Morgan fingerprint density at radius 2 is 1.83 bits per heavy atom. The molecule has 0 aliphatic heterocycles. The predicted octanol–water partition coefficient (Wildman–Crippen LogP) is 3.76. The van der Waals surface area contributed by atoms with Crippen LogP contribution in [-0.2, 0) is 4.79 Å². The molecule has 0 fully saturated rings. The largest absolute Gasteiger partial charge is 0.349 e. The molecule has 2 unspecified atom stereocenters. The number of carbonyl (C=O) groups excluding carboxylic acids is 1. The van der Waals surface area contributed by atoms with E-state index in [9.17, 15) is 4.79 Å². The maximum absolute atomic E-state index is 11.9. The van der Waals surface area contributed by atoms with Crippen LogP contribution in [0.5, 0.6) is 0 Å². The van der Waals surface area contributed by atoms with Crippen molar-refractivity contribution in [1.29, 1.82) is 0 Å². The highest BCUT2D eigenvalue weighted by Crippen LogP contribution is 2.21. The maximum atomic E-state index is 11.9. The molecule has 2 atom stereocenters. The fraction of sp³-hybridized carbons (Fsp3) is 0.533. The number of rotatable bonds is 6. The minimum absolute atomic E-state index is 0.0273. The summed E-state index contributed by atoms with van der Waals surface area (Å²) in [6.45, 7) is 6.17. The van der Waals surface area contributed by atoms with E-state index < -0.39 is 0 Å². The zero-order valence-corrected chi connectivity index (χ0v) is 12.1. The molecule has 0 saturated heterocycles. The van der Waals surface area contributed by atoms with Crippen LogP contribution < -0.4 is 5.32 Å². The van der Waals surface area contributed by atoms with Gasteiger partial charge in [0, 0.05) is 11.8 Å². The van der Waals surface area contributed by atoms with Crippen molar-refractivity contribution in [2.24, 2.45) is 11.8 Å². The Morgan fingerprint density at radius 1 is 1.22 bits per heavy atom. The van der Waals surface area contributed by atoms with Crippen LogP contribution in [0.4, 0.5) is 0 Å². The third-order valence-corrected chi connectivity index (χ3v) is 3.37. The Morgan fingerprint density at radius 3 is 2.33 bits per heavy atom. The summed E-state index contributed by atoms with van der Waals surface area (Å²) in [6.07, 6.45) is 0.935. The van der Waals surface area contributed by atoms with Gasteiger partial charge in [0.1, 0.15) is 0 Å². The zero-order valence-electron chi connectivity index (χ0n) is 11.3. The van der Waals surface area contributed by atoms with Gasteiger partial charge in [0.2, 0.25) is 5.91 Å². The summed E-state index contributed by atoms with van der Waals surface area (Å²) in [6, 6.07) is 10.2. The highest BCUT2D eigenvalue weighted by Gasteiger charge is 2.19. The van der Waals surface area contributed by atoms with Gasteiger partial charge in [0.15, 0.2) is 0 Å². The second-order valence-electron chi connectivity index (χ2n) is 5.16. The van der Waals surface area contributed by atoms with Crippen LogP contribution in [0.2, 0.25) is 0 Å². The third kappa shape index (κ3) is 4.69. The maximum Gasteiger partial charge on any atom is 0.224 e. The molecule has 3 heteroatoms. The van der Waals surface area contributed by atoms with Crippen molar-refractivity contribution < 1.29 is 4.79 Å². The molecule has 0 radical (unpaired) electrons. The van der Waals surface area contributed by atoms with Crippen molar-refractivity contribution in [2.45, 2.75) is 33.2 Å². The lowest BCUT2D eigenvalue weighted by molar-refractivity contribution is -0.124. The van der Waals surface area contributed by atoms with E-state index in [1.807, 2.05) is 25.1 Å². The predicted molar refractivity (Wildman–Crippen MR) is 76.7 cm³/mol. The first-order chi connectivity index (χ1) is 8.54. The number of hydrogen-bond acceptors (Lipinski definition) is 1. The lowest BCUT2D eigenvalue weighted by Gasteiger charge is -2.22. The topological polar surface area (TPSA) is 29.1 Å². The number of alkyl halides is 1. The highest BCUT2D eigenvalue weighted by molar-refractivity contribution is 6.19. The van der Waals surface area contributed by atoms with Crippen molar-refractivity contribution >= 4 is 17.5 Å². The molecule has 2 nitrogen and oxygen atoms in total. The number of carbonyl (C=O) groups is 1. The Kier molecular flexibility index (Phi) is 6.20. The number of benzene rings is 1. The van der Waals surface area contributed by atoms with Crippen molar-refractivity contribution in [2.75, 3.05) is 5.88 Å². The van der Waals surface area contributed by atoms with E-state index in [2.05, 4.69) is 31.3 Å². The molecule has 18 heavy (non-hydrogen) atoms. The first-order valence-electron chi connectivity index (χ1n) is 6.45. The van der Waals surface area contributed by atoms with Crippen molar-refractivity contribution in [1.82, 2.24) is 5.32 Å². The molecule has 0 saturated carbocycles. The molecule has 1 aromatic rings. The molecule has 0 spiro atoms. The van der Waals surface area contributed by atoms with Gasteiger partial charge in [-0.15, -0.1) is 11.6 Å². The number of amides is 1. The second kappa shape index (κ2) is 7.42. The minimum atomic E-state index is -0.148. The van der Waals surface area contributed by atoms with Crippen LogP contribution in [0.3, 0.4) is 0 Å². The number of nitrogens with one attached hydrogen (secondary N) is 1. The Labute approximate surface area is 115 Å². The molecular weight excluding hydrogens is 246 g/mol. The van der Waals surface area contributed by atoms with Gasteiger partial charge in [-0.25, -0.2) is 0 Å². The van der Waals surface area contributed by atoms with E-state index in [-0.39, 0.29) is 17.9 Å². The third-order valence-electron chi connectivity index (χ3n) is 2.90. The van der Waals surface area contributed by atoms with Crippen molar-refractivity contribution in [3.63, 3.8) is 0 Å². The van der Waals surface area contributed by atoms with E-state index in [0.29, 0.717) is 11.8 Å². The summed E-state index contributed by atoms with van der Waals surface area (Å²) in [4.78, 5) is 11.9. The van der Waals surface area contributed by atoms with E-state index in [0.717, 1.165) is 12.0 Å². The summed E-state index contributed by atoms with van der Waals surface area (Å²) in [7, 11) is 0. The molecule has 0 aliphatic rings. The van der Waals surface area contributed by atoms with Gasteiger partial charge in [0.25, 0.3) is 0 Å². The van der Waals surface area contributed by atoms with Gasteiger partial charge in [-0.2, -0.15) is 0 Å². The quantitative estimate of drug-likeness (QED) is 0.781.